The van der Waals surface area contributed by atoms with E-state index in [1.54, 1.807) is 12.1 Å². The van der Waals surface area contributed by atoms with Crippen molar-refractivity contribution in [1.82, 2.24) is 9.88 Å². The van der Waals surface area contributed by atoms with Crippen LogP contribution in [-0.4, -0.2) is 39.1 Å². The molecule has 3 rings (SSSR count). The molecule has 2 saturated heterocycles. The van der Waals surface area contributed by atoms with Crippen LogP contribution in [0.15, 0.2) is 12.1 Å². The highest BCUT2D eigenvalue weighted by Crippen LogP contribution is 2.37. The molecule has 2 aliphatic rings. The predicted octanol–water partition coefficient (Wildman–Crippen LogP) is 2.52. The van der Waals surface area contributed by atoms with E-state index in [4.69, 9.17) is 23.2 Å². The standard InChI is InChI=1S/C13H14Cl2N2O2/c14-11-3-7(4-12(15)16-11)13(19)17-8-1-2-9(17)6-10(18)5-8/h3-4,8-10,18H,1-2,5-6H2. The minimum Gasteiger partial charge on any atom is -0.393 e. The molecule has 1 amide bonds. The van der Waals surface area contributed by atoms with Crippen LogP contribution in [0.4, 0.5) is 0 Å². The Morgan fingerprint density at radius 1 is 1.21 bits per heavy atom. The number of nitrogens with zero attached hydrogens (tertiary/aromatic N) is 2. The van der Waals surface area contributed by atoms with E-state index in [1.807, 2.05) is 4.90 Å². The van der Waals surface area contributed by atoms with Crippen molar-refractivity contribution < 1.29 is 9.90 Å². The van der Waals surface area contributed by atoms with E-state index >= 15 is 0 Å². The molecule has 19 heavy (non-hydrogen) atoms. The summed E-state index contributed by atoms with van der Waals surface area (Å²) in [7, 11) is 0. The van der Waals surface area contributed by atoms with Crippen molar-refractivity contribution in [2.45, 2.75) is 43.9 Å². The Labute approximate surface area is 121 Å². The second-order valence-electron chi connectivity index (χ2n) is 5.22. The first-order chi connectivity index (χ1) is 9.04. The maximum atomic E-state index is 12.6. The van der Waals surface area contributed by atoms with E-state index in [0.717, 1.165) is 12.8 Å². The molecule has 0 radical (unpaired) electrons. The van der Waals surface area contributed by atoms with Crippen molar-refractivity contribution in [3.05, 3.63) is 28.0 Å². The molecule has 2 unspecified atom stereocenters. The Morgan fingerprint density at radius 3 is 2.26 bits per heavy atom. The van der Waals surface area contributed by atoms with Gasteiger partial charge in [-0.05, 0) is 37.8 Å². The first-order valence-corrected chi connectivity index (χ1v) is 7.14. The van der Waals surface area contributed by atoms with Crippen LogP contribution in [0.25, 0.3) is 0 Å². The monoisotopic (exact) mass is 300 g/mol. The number of pyridine rings is 1. The lowest BCUT2D eigenvalue weighted by atomic mass is 9.99. The van der Waals surface area contributed by atoms with Gasteiger partial charge in [0.1, 0.15) is 10.3 Å². The summed E-state index contributed by atoms with van der Waals surface area (Å²) in [6.07, 6.45) is 2.95. The third kappa shape index (κ3) is 2.45. The fourth-order valence-corrected chi connectivity index (χ4v) is 3.68. The number of carbonyl (C=O) groups is 1. The molecule has 0 saturated carbocycles. The van der Waals surface area contributed by atoms with Gasteiger partial charge in [-0.1, -0.05) is 23.2 Å². The third-order valence-corrected chi connectivity index (χ3v) is 4.34. The summed E-state index contributed by atoms with van der Waals surface area (Å²) in [6.45, 7) is 0. The number of aromatic nitrogens is 1. The molecule has 1 aromatic rings. The number of aliphatic hydroxyl groups excluding tert-OH is 1. The van der Waals surface area contributed by atoms with E-state index in [2.05, 4.69) is 4.98 Å². The van der Waals surface area contributed by atoms with Gasteiger partial charge in [-0.3, -0.25) is 4.79 Å². The first kappa shape index (κ1) is 13.2. The van der Waals surface area contributed by atoms with Gasteiger partial charge < -0.3 is 10.0 Å². The van der Waals surface area contributed by atoms with Gasteiger partial charge in [0.15, 0.2) is 0 Å². The molecule has 102 valence electrons. The van der Waals surface area contributed by atoms with Gasteiger partial charge in [-0.25, -0.2) is 4.98 Å². The Balaban J connectivity index is 1.88. The zero-order valence-electron chi connectivity index (χ0n) is 10.2. The van der Waals surface area contributed by atoms with Crippen LogP contribution in [0.1, 0.15) is 36.0 Å². The summed E-state index contributed by atoms with van der Waals surface area (Å²) >= 11 is 11.7. The van der Waals surface area contributed by atoms with E-state index in [1.165, 1.54) is 0 Å². The minimum absolute atomic E-state index is 0.0643. The number of amides is 1. The SMILES string of the molecule is O=C(c1cc(Cl)nc(Cl)c1)N1C2CCC1CC(O)C2. The maximum absolute atomic E-state index is 12.6. The van der Waals surface area contributed by atoms with Gasteiger partial charge in [0.2, 0.25) is 0 Å². The van der Waals surface area contributed by atoms with Crippen molar-refractivity contribution in [3.8, 4) is 0 Å². The topological polar surface area (TPSA) is 53.4 Å². The summed E-state index contributed by atoms with van der Waals surface area (Å²) in [4.78, 5) is 18.3. The molecular weight excluding hydrogens is 287 g/mol. The van der Waals surface area contributed by atoms with Crippen molar-refractivity contribution in [1.29, 1.82) is 0 Å². The van der Waals surface area contributed by atoms with Gasteiger partial charge in [0, 0.05) is 17.6 Å². The number of piperidine rings is 1. The minimum atomic E-state index is -0.286. The molecule has 2 fully saturated rings. The van der Waals surface area contributed by atoms with Gasteiger partial charge in [-0.15, -0.1) is 0 Å². The molecule has 2 aliphatic heterocycles. The van der Waals surface area contributed by atoms with Crippen LogP contribution in [0.2, 0.25) is 10.3 Å². The average Bonchev–Trinajstić information content (AvgIpc) is 2.59. The number of halogens is 2. The predicted molar refractivity (Wildman–Crippen MR) is 72.5 cm³/mol. The summed E-state index contributed by atoms with van der Waals surface area (Å²) in [5.41, 5.74) is 0.471. The van der Waals surface area contributed by atoms with Gasteiger partial charge >= 0.3 is 0 Å². The van der Waals surface area contributed by atoms with Crippen LogP contribution >= 0.6 is 23.2 Å². The highest BCUT2D eigenvalue weighted by Gasteiger charge is 2.43. The van der Waals surface area contributed by atoms with E-state index in [-0.39, 0.29) is 34.4 Å². The molecule has 2 bridgehead atoms. The van der Waals surface area contributed by atoms with E-state index < -0.39 is 0 Å². The molecule has 1 N–H and O–H groups in total. The average molecular weight is 301 g/mol. The van der Waals surface area contributed by atoms with Crippen LogP contribution in [0, 0.1) is 0 Å². The van der Waals surface area contributed by atoms with Crippen molar-refractivity contribution in [2.24, 2.45) is 0 Å². The molecule has 0 spiro atoms. The lowest BCUT2D eigenvalue weighted by molar-refractivity contribution is 0.0287. The summed E-state index contributed by atoms with van der Waals surface area (Å²) < 4.78 is 0. The van der Waals surface area contributed by atoms with Crippen LogP contribution in [0.5, 0.6) is 0 Å². The fourth-order valence-electron chi connectivity index (χ4n) is 3.22. The Bertz CT molecular complexity index is 489. The number of fused-ring (bicyclic) bond motifs is 2. The largest absolute Gasteiger partial charge is 0.393 e. The summed E-state index contributed by atoms with van der Waals surface area (Å²) in [6, 6.07) is 3.35. The maximum Gasteiger partial charge on any atom is 0.254 e. The number of rotatable bonds is 1. The van der Waals surface area contributed by atoms with Crippen LogP contribution in [-0.2, 0) is 0 Å². The molecule has 6 heteroatoms. The van der Waals surface area contributed by atoms with Gasteiger partial charge in [0.25, 0.3) is 5.91 Å². The van der Waals surface area contributed by atoms with Crippen molar-refractivity contribution >= 4 is 29.1 Å². The third-order valence-electron chi connectivity index (χ3n) is 3.95. The van der Waals surface area contributed by atoms with E-state index in [9.17, 15) is 9.90 Å². The van der Waals surface area contributed by atoms with Crippen molar-refractivity contribution in [3.63, 3.8) is 0 Å². The molecule has 0 aliphatic carbocycles. The fraction of sp³-hybridized carbons (Fsp3) is 0.538. The number of hydrogen-bond donors (Lipinski definition) is 1. The molecule has 1 aromatic heterocycles. The van der Waals surface area contributed by atoms with Crippen LogP contribution < -0.4 is 0 Å². The summed E-state index contributed by atoms with van der Waals surface area (Å²) in [5.74, 6) is -0.0643. The second kappa shape index (κ2) is 4.93. The molecule has 4 nitrogen and oxygen atoms in total. The quantitative estimate of drug-likeness (QED) is 0.811. The summed E-state index contributed by atoms with van der Waals surface area (Å²) in [5, 5.41) is 10.2. The lowest BCUT2D eigenvalue weighted by Gasteiger charge is -2.37. The second-order valence-corrected chi connectivity index (χ2v) is 6.00. The Morgan fingerprint density at radius 2 is 1.74 bits per heavy atom. The number of aliphatic hydroxyl groups is 1. The number of carbonyl (C=O) groups excluding carboxylic acids is 1. The van der Waals surface area contributed by atoms with Crippen molar-refractivity contribution in [2.75, 3.05) is 0 Å². The van der Waals surface area contributed by atoms with Gasteiger partial charge in [0.05, 0.1) is 6.10 Å². The smallest absolute Gasteiger partial charge is 0.254 e. The number of hydrogen-bond acceptors (Lipinski definition) is 3. The molecule has 3 heterocycles. The first-order valence-electron chi connectivity index (χ1n) is 6.38. The molecular formula is C13H14Cl2N2O2. The lowest BCUT2D eigenvalue weighted by Crippen LogP contribution is -2.48. The highest BCUT2D eigenvalue weighted by molar-refractivity contribution is 6.33. The highest BCUT2D eigenvalue weighted by atomic mass is 35.5. The van der Waals surface area contributed by atoms with E-state index in [0.29, 0.717) is 18.4 Å². The van der Waals surface area contributed by atoms with Gasteiger partial charge in [-0.2, -0.15) is 0 Å². The normalized spacial score (nSPS) is 29.6. The Kier molecular flexibility index (Phi) is 3.41. The zero-order valence-corrected chi connectivity index (χ0v) is 11.7. The van der Waals surface area contributed by atoms with Crippen LogP contribution in [0.3, 0.4) is 0 Å². The molecule has 0 aromatic carbocycles. The zero-order chi connectivity index (χ0) is 13.6. The molecule has 2 atom stereocenters. The Hall–Kier alpha value is -0.840.